The molecule has 0 saturated carbocycles. The largest absolute Gasteiger partial charge is 0.423 e. The van der Waals surface area contributed by atoms with Gasteiger partial charge in [-0.2, -0.15) is 0 Å². The summed E-state index contributed by atoms with van der Waals surface area (Å²) >= 11 is 0. The number of hydrogen-bond acceptors (Lipinski definition) is 6. The molecule has 0 atom stereocenters. The number of aromatic nitrogens is 2. The molecule has 0 spiro atoms. The molecule has 0 aliphatic carbocycles. The summed E-state index contributed by atoms with van der Waals surface area (Å²) in [6.45, 7) is 12.6. The third-order valence-corrected chi connectivity index (χ3v) is 5.65. The van der Waals surface area contributed by atoms with Crippen molar-refractivity contribution in [3.05, 3.63) is 53.9 Å². The van der Waals surface area contributed by atoms with E-state index in [0.29, 0.717) is 43.9 Å². The summed E-state index contributed by atoms with van der Waals surface area (Å²) in [6.07, 6.45) is 3.36. The number of ether oxygens (including phenoxy) is 1. The number of anilines is 3. The van der Waals surface area contributed by atoms with Crippen LogP contribution in [-0.4, -0.2) is 46.1 Å². The Kier molecular flexibility index (Phi) is 6.37. The average molecular weight is 450 g/mol. The van der Waals surface area contributed by atoms with Crippen LogP contribution in [0, 0.1) is 6.92 Å². The number of urea groups is 1. The molecule has 1 saturated heterocycles. The standard InChI is InChI=1S/C25H31N5O3/c1-6-32-16-18-8-7-17(2)20(13-18)28-23-27-15-21(33-23)19-9-10-26-22(14-19)29-11-12-30(24(29)31)25(3,4)5/h7-10,13-15H,6,11-12,16H2,1-5H3,(H,27,28). The summed E-state index contributed by atoms with van der Waals surface area (Å²) in [7, 11) is 0. The Labute approximate surface area is 194 Å². The van der Waals surface area contributed by atoms with Gasteiger partial charge in [0.15, 0.2) is 5.76 Å². The van der Waals surface area contributed by atoms with E-state index in [1.165, 1.54) is 0 Å². The zero-order chi connectivity index (χ0) is 23.6. The number of aryl methyl sites for hydroxylation is 1. The fraction of sp³-hybridized carbons (Fsp3) is 0.400. The molecule has 8 nitrogen and oxygen atoms in total. The van der Waals surface area contributed by atoms with E-state index < -0.39 is 0 Å². The van der Waals surface area contributed by atoms with Gasteiger partial charge in [-0.25, -0.2) is 14.8 Å². The molecule has 1 aromatic carbocycles. The van der Waals surface area contributed by atoms with Gasteiger partial charge in [0.2, 0.25) is 0 Å². The van der Waals surface area contributed by atoms with Crippen LogP contribution in [0.25, 0.3) is 11.3 Å². The van der Waals surface area contributed by atoms with Crippen molar-refractivity contribution in [3.63, 3.8) is 0 Å². The average Bonchev–Trinajstić information content (AvgIpc) is 3.41. The molecule has 1 N–H and O–H groups in total. The maximum absolute atomic E-state index is 12.9. The van der Waals surface area contributed by atoms with E-state index in [1.54, 1.807) is 17.3 Å². The predicted octanol–water partition coefficient (Wildman–Crippen LogP) is 5.37. The first-order valence-corrected chi connectivity index (χ1v) is 11.2. The first-order valence-electron chi connectivity index (χ1n) is 11.2. The first kappa shape index (κ1) is 22.8. The normalized spacial score (nSPS) is 14.3. The topological polar surface area (TPSA) is 83.7 Å². The van der Waals surface area contributed by atoms with Gasteiger partial charge in [0.05, 0.1) is 12.8 Å². The van der Waals surface area contributed by atoms with Crippen LogP contribution in [0.1, 0.15) is 38.8 Å². The molecule has 2 amide bonds. The summed E-state index contributed by atoms with van der Waals surface area (Å²) in [5.41, 5.74) is 3.66. The lowest BCUT2D eigenvalue weighted by atomic mass is 10.1. The highest BCUT2D eigenvalue weighted by Crippen LogP contribution is 2.30. The monoisotopic (exact) mass is 449 g/mol. The molecule has 0 radical (unpaired) electrons. The van der Waals surface area contributed by atoms with E-state index in [1.807, 2.05) is 63.8 Å². The van der Waals surface area contributed by atoms with Crippen molar-refractivity contribution in [2.45, 2.75) is 46.8 Å². The second kappa shape index (κ2) is 9.23. The number of nitrogens with zero attached hydrogens (tertiary/aromatic N) is 4. The van der Waals surface area contributed by atoms with Gasteiger partial charge in [-0.1, -0.05) is 12.1 Å². The summed E-state index contributed by atoms with van der Waals surface area (Å²) in [6, 6.07) is 10.2. The summed E-state index contributed by atoms with van der Waals surface area (Å²) in [5, 5.41) is 3.26. The minimum atomic E-state index is -0.229. The number of hydrogen-bond donors (Lipinski definition) is 1. The highest BCUT2D eigenvalue weighted by atomic mass is 16.5. The van der Waals surface area contributed by atoms with Gasteiger partial charge < -0.3 is 19.4 Å². The molecule has 2 aromatic heterocycles. The number of carbonyl (C=O) groups is 1. The van der Waals surface area contributed by atoms with Crippen LogP contribution in [0.5, 0.6) is 0 Å². The molecule has 4 rings (SSSR count). The van der Waals surface area contributed by atoms with Crippen molar-refractivity contribution in [2.75, 3.05) is 29.9 Å². The van der Waals surface area contributed by atoms with Crippen LogP contribution in [0.3, 0.4) is 0 Å². The number of oxazole rings is 1. The van der Waals surface area contributed by atoms with Crippen LogP contribution in [0.4, 0.5) is 22.3 Å². The summed E-state index contributed by atoms with van der Waals surface area (Å²) in [4.78, 5) is 25.3. The van der Waals surface area contributed by atoms with Crippen molar-refractivity contribution < 1.29 is 13.9 Å². The molecular weight excluding hydrogens is 418 g/mol. The number of carbonyl (C=O) groups excluding carboxylic acids is 1. The van der Waals surface area contributed by atoms with Gasteiger partial charge in [-0.15, -0.1) is 0 Å². The van der Waals surface area contributed by atoms with Crippen molar-refractivity contribution >= 4 is 23.6 Å². The van der Waals surface area contributed by atoms with Gasteiger partial charge >= 0.3 is 6.03 Å². The van der Waals surface area contributed by atoms with E-state index in [4.69, 9.17) is 9.15 Å². The highest BCUT2D eigenvalue weighted by Gasteiger charge is 2.37. The molecule has 33 heavy (non-hydrogen) atoms. The van der Waals surface area contributed by atoms with E-state index in [9.17, 15) is 4.79 Å². The Morgan fingerprint density at radius 1 is 1.15 bits per heavy atom. The van der Waals surface area contributed by atoms with Crippen LogP contribution < -0.4 is 10.2 Å². The Bertz CT molecular complexity index is 1140. The Balaban J connectivity index is 1.51. The Hall–Kier alpha value is -3.39. The third kappa shape index (κ3) is 5.01. The summed E-state index contributed by atoms with van der Waals surface area (Å²) in [5.74, 6) is 1.21. The number of benzene rings is 1. The zero-order valence-electron chi connectivity index (χ0n) is 19.9. The number of nitrogens with one attached hydrogen (secondary N) is 1. The van der Waals surface area contributed by atoms with E-state index in [-0.39, 0.29) is 11.6 Å². The van der Waals surface area contributed by atoms with E-state index in [0.717, 1.165) is 22.4 Å². The van der Waals surface area contributed by atoms with Crippen LogP contribution in [-0.2, 0) is 11.3 Å². The predicted molar refractivity (Wildman–Crippen MR) is 129 cm³/mol. The van der Waals surface area contributed by atoms with Gasteiger partial charge in [0.1, 0.15) is 5.82 Å². The minimum absolute atomic E-state index is 0.0329. The van der Waals surface area contributed by atoms with E-state index in [2.05, 4.69) is 21.4 Å². The van der Waals surface area contributed by atoms with Crippen LogP contribution in [0.15, 0.2) is 47.1 Å². The number of pyridine rings is 1. The Morgan fingerprint density at radius 3 is 2.70 bits per heavy atom. The summed E-state index contributed by atoms with van der Waals surface area (Å²) < 4.78 is 11.5. The lowest BCUT2D eigenvalue weighted by Crippen LogP contribution is -2.44. The fourth-order valence-corrected chi connectivity index (χ4v) is 3.79. The molecule has 174 valence electrons. The fourth-order valence-electron chi connectivity index (χ4n) is 3.79. The van der Waals surface area contributed by atoms with Crippen molar-refractivity contribution in [2.24, 2.45) is 0 Å². The molecule has 3 heterocycles. The maximum Gasteiger partial charge on any atom is 0.326 e. The van der Waals surface area contributed by atoms with Crippen molar-refractivity contribution in [1.29, 1.82) is 0 Å². The van der Waals surface area contributed by atoms with Crippen LogP contribution >= 0.6 is 0 Å². The molecule has 1 aliphatic heterocycles. The van der Waals surface area contributed by atoms with Crippen LogP contribution in [0.2, 0.25) is 0 Å². The van der Waals surface area contributed by atoms with E-state index >= 15 is 0 Å². The van der Waals surface area contributed by atoms with Gasteiger partial charge in [-0.3, -0.25) is 4.90 Å². The lowest BCUT2D eigenvalue weighted by Gasteiger charge is -2.31. The number of rotatable bonds is 7. The van der Waals surface area contributed by atoms with Gasteiger partial charge in [0, 0.05) is 42.7 Å². The minimum Gasteiger partial charge on any atom is -0.423 e. The highest BCUT2D eigenvalue weighted by molar-refractivity contribution is 5.94. The molecule has 8 heteroatoms. The lowest BCUT2D eigenvalue weighted by molar-refractivity contribution is 0.134. The SMILES string of the molecule is CCOCc1ccc(C)c(Nc2ncc(-c3ccnc(N4CCN(C(C)(C)C)C4=O)c3)o2)c1. The Morgan fingerprint density at radius 2 is 1.97 bits per heavy atom. The third-order valence-electron chi connectivity index (χ3n) is 5.65. The molecule has 0 bridgehead atoms. The molecular formula is C25H31N5O3. The maximum atomic E-state index is 12.9. The van der Waals surface area contributed by atoms with Gasteiger partial charge in [-0.05, 0) is 63.9 Å². The second-order valence-electron chi connectivity index (χ2n) is 9.10. The zero-order valence-corrected chi connectivity index (χ0v) is 19.9. The quantitative estimate of drug-likeness (QED) is 0.522. The van der Waals surface area contributed by atoms with Crippen molar-refractivity contribution in [1.82, 2.24) is 14.9 Å². The molecule has 1 fully saturated rings. The van der Waals surface area contributed by atoms with Gasteiger partial charge in [0.25, 0.3) is 6.01 Å². The second-order valence-corrected chi connectivity index (χ2v) is 9.10. The molecule has 3 aromatic rings. The molecule has 1 aliphatic rings. The first-order chi connectivity index (χ1) is 15.8. The smallest absolute Gasteiger partial charge is 0.326 e. The number of amides is 2. The molecule has 0 unspecified atom stereocenters. The van der Waals surface area contributed by atoms with Crippen molar-refractivity contribution in [3.8, 4) is 11.3 Å².